The number of hydrogen-bond donors (Lipinski definition) is 10. The van der Waals surface area contributed by atoms with Crippen LogP contribution in [0.3, 0.4) is 0 Å². The Morgan fingerprint density at radius 1 is 0.333 bits per heavy atom. The molecule has 0 amide bonds. The zero-order valence-electron chi connectivity index (χ0n) is 46.0. The fraction of sp³-hybridized carbons (Fsp3) is 0.164. The normalized spacial score (nSPS) is 10.3. The van der Waals surface area contributed by atoms with Crippen molar-refractivity contribution in [3.05, 3.63) is 295 Å². The van der Waals surface area contributed by atoms with Crippen LogP contribution in [0.4, 0.5) is 5.69 Å². The number of rotatable bonds is 13. The van der Waals surface area contributed by atoms with Gasteiger partial charge in [0.15, 0.2) is 0 Å². The van der Waals surface area contributed by atoms with Gasteiger partial charge in [0.2, 0.25) is 0 Å². The molecule has 17 N–H and O–H groups in total. The van der Waals surface area contributed by atoms with Gasteiger partial charge >= 0.3 is 0 Å². The highest BCUT2D eigenvalue weighted by Crippen LogP contribution is 2.24. The molecule has 416 valence electrons. The van der Waals surface area contributed by atoms with Crippen molar-refractivity contribution in [2.24, 2.45) is 34.4 Å². The summed E-state index contributed by atoms with van der Waals surface area (Å²) in [6.07, 6.45) is 23.0. The van der Waals surface area contributed by atoms with E-state index in [9.17, 15) is 0 Å². The first-order valence-corrected chi connectivity index (χ1v) is 27.2. The lowest BCUT2D eigenvalue weighted by Gasteiger charge is -2.15. The third-order valence-electron chi connectivity index (χ3n) is 13.0. The van der Waals surface area contributed by atoms with E-state index in [4.69, 9.17) is 40.1 Å². The van der Waals surface area contributed by atoms with E-state index < -0.39 is 0 Å². The van der Waals surface area contributed by atoms with Crippen LogP contribution < -0.4 is 40.1 Å². The van der Waals surface area contributed by atoms with Crippen LogP contribution in [0.1, 0.15) is 56.3 Å². The van der Waals surface area contributed by atoms with Crippen LogP contribution in [-0.2, 0) is 25.8 Å². The van der Waals surface area contributed by atoms with E-state index in [-0.39, 0.29) is 5.92 Å². The number of fused-ring (bicyclic) bond motifs is 3. The second kappa shape index (κ2) is 35.4. The molecule has 0 radical (unpaired) electrons. The maximum atomic E-state index is 5.84. The number of benzene rings is 5. The molecule has 7 heterocycles. The first kappa shape index (κ1) is 61.1. The Morgan fingerprint density at radius 3 is 1.17 bits per heavy atom. The van der Waals surface area contributed by atoms with Gasteiger partial charge in [-0.1, -0.05) is 121 Å². The largest absolute Gasteiger partial charge is 0.397 e. The molecule has 0 aliphatic heterocycles. The molecule has 7 aromatic heterocycles. The number of nitrogen functional groups attached to an aromatic ring is 1. The van der Waals surface area contributed by atoms with E-state index in [2.05, 4.69) is 114 Å². The standard InChI is InChI=1S/C14H15N.C12H13N3.C10H12N2.C9H10N2.C8H8N2.2C7H10N2/c15-11-14(12-7-3-1-4-8-12)13-9-5-2-6-10-13;13-9-12(10-1-5-14-6-2-10)11-3-7-15-8-4-11;11-6-5-8-7-12-10-4-2-1-3-9(8)10;10-5-7-6-11-9-4-2-1-3-8(7)9;9-7-5-10-8-4-2-1-3-6(7)8;8-4-1-7-2-5-9-6-3-7;8-4-3-7-2-1-5-9-6-7/h1-10,14H,11,15H2;1-8,12H,9,13H2;1-4,7,12H,5-6,11H2;1-4,6,11H,5,10H2;1-5,10H,9H2;2-3,5-6H,1,4,8H2;1-2,5-6H,3-4,8H2. The van der Waals surface area contributed by atoms with Gasteiger partial charge in [-0.2, -0.15) is 0 Å². The SMILES string of the molecule is NCC(c1ccccc1)c1ccccc1.NCC(c1ccncc1)c1ccncc1.NCCc1c[nH]c2ccccc12.NCCc1cccnc1.NCCc1ccncc1.NCc1c[nH]c2ccccc12.Nc1c[nH]c2ccccc12. The first-order chi connectivity index (χ1) is 39.9. The van der Waals surface area contributed by atoms with E-state index in [1.807, 2.05) is 128 Å². The Balaban J connectivity index is 0.000000154. The molecule has 0 saturated heterocycles. The van der Waals surface area contributed by atoms with Crippen molar-refractivity contribution in [2.45, 2.75) is 37.6 Å². The molecule has 0 unspecified atom stereocenters. The van der Waals surface area contributed by atoms with Crippen LogP contribution in [0.15, 0.2) is 250 Å². The van der Waals surface area contributed by atoms with Gasteiger partial charge in [-0.25, -0.2) is 0 Å². The van der Waals surface area contributed by atoms with E-state index >= 15 is 0 Å². The summed E-state index contributed by atoms with van der Waals surface area (Å²) in [6.45, 7) is 3.96. The summed E-state index contributed by atoms with van der Waals surface area (Å²) in [7, 11) is 0. The van der Waals surface area contributed by atoms with E-state index in [1.54, 1.807) is 43.4 Å². The number of para-hydroxylation sites is 3. The smallest absolute Gasteiger partial charge is 0.0571 e. The molecule has 14 heteroatoms. The Hall–Kier alpha value is -9.12. The minimum Gasteiger partial charge on any atom is -0.397 e. The third kappa shape index (κ3) is 19.9. The lowest BCUT2D eigenvalue weighted by molar-refractivity contribution is 0.814. The molecule has 0 fully saturated rings. The fourth-order valence-corrected chi connectivity index (χ4v) is 8.81. The summed E-state index contributed by atoms with van der Waals surface area (Å²) in [5.41, 5.74) is 53.2. The Morgan fingerprint density at radius 2 is 0.728 bits per heavy atom. The van der Waals surface area contributed by atoms with Crippen LogP contribution in [-0.4, -0.2) is 67.6 Å². The Kier molecular flexibility index (Phi) is 26.7. The molecule has 12 rings (SSSR count). The van der Waals surface area contributed by atoms with Gasteiger partial charge in [0.1, 0.15) is 0 Å². The maximum absolute atomic E-state index is 5.84. The molecule has 0 atom stereocenters. The maximum Gasteiger partial charge on any atom is 0.0571 e. The van der Waals surface area contributed by atoms with Crippen molar-refractivity contribution in [1.82, 2.24) is 34.9 Å². The third-order valence-corrected chi connectivity index (χ3v) is 13.0. The van der Waals surface area contributed by atoms with Gasteiger partial charge in [0.25, 0.3) is 0 Å². The molecule has 81 heavy (non-hydrogen) atoms. The molecule has 14 nitrogen and oxygen atoms in total. The summed E-state index contributed by atoms with van der Waals surface area (Å²) in [4.78, 5) is 25.3. The summed E-state index contributed by atoms with van der Waals surface area (Å²) < 4.78 is 0. The van der Waals surface area contributed by atoms with Crippen molar-refractivity contribution in [2.75, 3.05) is 38.5 Å². The van der Waals surface area contributed by atoms with Gasteiger partial charge in [-0.15, -0.1) is 0 Å². The molecule has 0 aliphatic carbocycles. The number of H-pyrrole nitrogens is 3. The number of nitrogens with two attached hydrogens (primary N) is 7. The summed E-state index contributed by atoms with van der Waals surface area (Å²) in [6, 6.07) is 61.1. The number of hydrogen-bond acceptors (Lipinski definition) is 11. The van der Waals surface area contributed by atoms with Gasteiger partial charge < -0.3 is 55.1 Å². The minimum absolute atomic E-state index is 0.232. The minimum atomic E-state index is 0.232. The van der Waals surface area contributed by atoms with E-state index in [0.717, 1.165) is 41.4 Å². The predicted molar refractivity (Wildman–Crippen MR) is 337 cm³/mol. The number of aromatic nitrogens is 7. The van der Waals surface area contributed by atoms with Crippen molar-refractivity contribution >= 4 is 38.4 Å². The van der Waals surface area contributed by atoms with Crippen LogP contribution in [0.25, 0.3) is 32.7 Å². The van der Waals surface area contributed by atoms with Gasteiger partial charge in [0.05, 0.1) is 5.69 Å². The molecule has 0 spiro atoms. The number of anilines is 1. The van der Waals surface area contributed by atoms with Crippen LogP contribution in [0.2, 0.25) is 0 Å². The molecule has 5 aromatic carbocycles. The van der Waals surface area contributed by atoms with E-state index in [0.29, 0.717) is 45.2 Å². The number of nitrogens with zero attached hydrogens (tertiary/aromatic N) is 4. The summed E-state index contributed by atoms with van der Waals surface area (Å²) in [5, 5.41) is 3.63. The highest BCUT2D eigenvalue weighted by atomic mass is 14.7. The number of pyridine rings is 4. The molecule has 0 saturated carbocycles. The topological polar surface area (TPSA) is 281 Å². The van der Waals surface area contributed by atoms with Crippen molar-refractivity contribution in [3.63, 3.8) is 0 Å². The van der Waals surface area contributed by atoms with Crippen LogP contribution in [0, 0.1) is 0 Å². The average Bonchev–Trinajstić information content (AvgIpc) is 4.28. The highest BCUT2D eigenvalue weighted by Gasteiger charge is 2.12. The van der Waals surface area contributed by atoms with Gasteiger partial charge in [-0.3, -0.25) is 19.9 Å². The Bertz CT molecular complexity index is 3300. The van der Waals surface area contributed by atoms with Crippen LogP contribution >= 0.6 is 0 Å². The second-order valence-electron chi connectivity index (χ2n) is 18.5. The van der Waals surface area contributed by atoms with Crippen molar-refractivity contribution in [3.8, 4) is 0 Å². The van der Waals surface area contributed by atoms with Crippen molar-refractivity contribution in [1.29, 1.82) is 0 Å². The zero-order valence-corrected chi connectivity index (χ0v) is 46.0. The lowest BCUT2D eigenvalue weighted by Crippen LogP contribution is -2.13. The lowest BCUT2D eigenvalue weighted by atomic mass is 9.92. The number of nitrogens with one attached hydrogen (secondary N) is 3. The van der Waals surface area contributed by atoms with Crippen molar-refractivity contribution < 1.29 is 0 Å². The fourth-order valence-electron chi connectivity index (χ4n) is 8.81. The summed E-state index contributed by atoms with van der Waals surface area (Å²) >= 11 is 0. The highest BCUT2D eigenvalue weighted by molar-refractivity contribution is 5.91. The molecule has 0 bridgehead atoms. The second-order valence-corrected chi connectivity index (χ2v) is 18.5. The average molecular weight is 1080 g/mol. The Labute approximate surface area is 476 Å². The van der Waals surface area contributed by atoms with E-state index in [1.165, 1.54) is 60.8 Å². The van der Waals surface area contributed by atoms with Gasteiger partial charge in [0, 0.05) is 132 Å². The number of aromatic amines is 3. The molecular weight excluding hydrogens is 1000 g/mol. The summed E-state index contributed by atoms with van der Waals surface area (Å²) in [5.74, 6) is 0.545. The monoisotopic (exact) mass is 1080 g/mol. The van der Waals surface area contributed by atoms with Crippen LogP contribution in [0.5, 0.6) is 0 Å². The molecule has 12 aromatic rings. The first-order valence-electron chi connectivity index (χ1n) is 27.2. The predicted octanol–water partition coefficient (Wildman–Crippen LogP) is 10.6. The quantitative estimate of drug-likeness (QED) is 0.0518. The molecule has 0 aliphatic rings. The molecular formula is C67H78N14. The zero-order chi connectivity index (χ0) is 57.1. The van der Waals surface area contributed by atoms with Gasteiger partial charge in [-0.05, 0) is 144 Å².